The first kappa shape index (κ1) is 28.2. The van der Waals surface area contributed by atoms with Crippen LogP contribution in [0.2, 0.25) is 0 Å². The molecule has 2 N–H and O–H groups in total. The molecule has 3 aromatic rings. The fraction of sp³-hybridized carbons (Fsp3) is 0.222. The zero-order chi connectivity index (χ0) is 18.2. The molecule has 0 aromatic carbocycles. The SMILES string of the molecule is Br.Br.Br.O=c1[nH]c(NCCSCc2ncccc2Br)ncc1Cc1ccncc1. The van der Waals surface area contributed by atoms with Gasteiger partial charge in [-0.25, -0.2) is 4.98 Å². The fourth-order valence-corrected chi connectivity index (χ4v) is 3.69. The number of anilines is 1. The molecule has 158 valence electrons. The average Bonchev–Trinajstić information content (AvgIpc) is 2.66. The third-order valence-electron chi connectivity index (χ3n) is 3.63. The van der Waals surface area contributed by atoms with E-state index in [4.69, 9.17) is 0 Å². The van der Waals surface area contributed by atoms with Crippen LogP contribution >= 0.6 is 78.6 Å². The standard InChI is InChI=1S/C18H18BrN5OS.3BrH/c19-15-2-1-5-21-16(15)12-26-9-8-22-18-23-11-14(17(25)24-18)10-13-3-6-20-7-4-13;;;/h1-7,11H,8-10,12H2,(H2,22,23,24,25);3*1H. The summed E-state index contributed by atoms with van der Waals surface area (Å²) in [5.41, 5.74) is 2.58. The van der Waals surface area contributed by atoms with Gasteiger partial charge >= 0.3 is 0 Å². The number of aromatic amines is 1. The molecule has 0 fully saturated rings. The number of rotatable bonds is 8. The molecule has 0 spiro atoms. The number of pyridine rings is 2. The molecular weight excluding hydrogens is 654 g/mol. The Bertz CT molecular complexity index is 914. The van der Waals surface area contributed by atoms with Gasteiger partial charge in [-0.2, -0.15) is 11.8 Å². The van der Waals surface area contributed by atoms with E-state index >= 15 is 0 Å². The van der Waals surface area contributed by atoms with Crippen molar-refractivity contribution in [1.29, 1.82) is 0 Å². The van der Waals surface area contributed by atoms with Crippen LogP contribution in [0.15, 0.2) is 58.3 Å². The van der Waals surface area contributed by atoms with Crippen molar-refractivity contribution < 1.29 is 0 Å². The van der Waals surface area contributed by atoms with Crippen LogP contribution in [0.3, 0.4) is 0 Å². The van der Waals surface area contributed by atoms with Crippen molar-refractivity contribution in [2.24, 2.45) is 0 Å². The smallest absolute Gasteiger partial charge is 0.255 e. The number of hydrogen-bond acceptors (Lipinski definition) is 6. The molecule has 0 radical (unpaired) electrons. The van der Waals surface area contributed by atoms with Crippen molar-refractivity contribution in [2.45, 2.75) is 12.2 Å². The number of hydrogen-bond donors (Lipinski definition) is 2. The van der Waals surface area contributed by atoms with Crippen LogP contribution in [-0.4, -0.2) is 32.2 Å². The summed E-state index contributed by atoms with van der Waals surface area (Å²) in [6, 6.07) is 7.68. The van der Waals surface area contributed by atoms with E-state index in [1.165, 1.54) is 0 Å². The summed E-state index contributed by atoms with van der Waals surface area (Å²) in [7, 11) is 0. The highest BCUT2D eigenvalue weighted by atomic mass is 79.9. The van der Waals surface area contributed by atoms with Gasteiger partial charge in [0.1, 0.15) is 0 Å². The second-order valence-electron chi connectivity index (χ2n) is 5.53. The van der Waals surface area contributed by atoms with Gasteiger partial charge in [0.05, 0.1) is 5.69 Å². The molecular formula is C18H21Br4N5OS. The third-order valence-corrected chi connectivity index (χ3v) is 5.32. The molecule has 6 nitrogen and oxygen atoms in total. The zero-order valence-corrected chi connectivity index (χ0v) is 22.7. The molecule has 3 aromatic heterocycles. The number of nitrogens with zero attached hydrogens (tertiary/aromatic N) is 3. The zero-order valence-electron chi connectivity index (χ0n) is 15.2. The second-order valence-corrected chi connectivity index (χ2v) is 7.49. The molecule has 29 heavy (non-hydrogen) atoms. The lowest BCUT2D eigenvalue weighted by atomic mass is 10.1. The van der Waals surface area contributed by atoms with Crippen LogP contribution in [0.5, 0.6) is 0 Å². The summed E-state index contributed by atoms with van der Waals surface area (Å²) < 4.78 is 1.02. The lowest BCUT2D eigenvalue weighted by Gasteiger charge is -2.07. The van der Waals surface area contributed by atoms with Gasteiger partial charge in [0.15, 0.2) is 0 Å². The largest absolute Gasteiger partial charge is 0.355 e. The highest BCUT2D eigenvalue weighted by molar-refractivity contribution is 9.10. The Labute approximate surface area is 213 Å². The topological polar surface area (TPSA) is 83.6 Å². The lowest BCUT2D eigenvalue weighted by molar-refractivity contribution is 1.00. The molecule has 3 heterocycles. The molecule has 0 bridgehead atoms. The van der Waals surface area contributed by atoms with Gasteiger partial charge in [-0.3, -0.25) is 19.7 Å². The van der Waals surface area contributed by atoms with Crippen LogP contribution < -0.4 is 10.9 Å². The average molecular weight is 675 g/mol. The lowest BCUT2D eigenvalue weighted by Crippen LogP contribution is -2.18. The van der Waals surface area contributed by atoms with Crippen LogP contribution in [-0.2, 0) is 12.2 Å². The van der Waals surface area contributed by atoms with Gasteiger partial charge in [-0.1, -0.05) is 0 Å². The summed E-state index contributed by atoms with van der Waals surface area (Å²) in [4.78, 5) is 27.6. The van der Waals surface area contributed by atoms with Gasteiger partial charge in [-0.15, -0.1) is 50.9 Å². The normalized spacial score (nSPS) is 9.55. The Morgan fingerprint density at radius 1 is 1.07 bits per heavy atom. The van der Waals surface area contributed by atoms with Crippen molar-refractivity contribution in [1.82, 2.24) is 19.9 Å². The number of halogens is 4. The maximum atomic E-state index is 12.2. The van der Waals surface area contributed by atoms with E-state index in [0.29, 0.717) is 24.5 Å². The van der Waals surface area contributed by atoms with E-state index < -0.39 is 0 Å². The monoisotopic (exact) mass is 671 g/mol. The van der Waals surface area contributed by atoms with Crippen LogP contribution in [0.25, 0.3) is 0 Å². The second kappa shape index (κ2) is 15.1. The molecule has 0 aliphatic heterocycles. The molecule has 0 amide bonds. The molecule has 0 aliphatic carbocycles. The Hall–Kier alpha value is -0.750. The van der Waals surface area contributed by atoms with Crippen LogP contribution in [0, 0.1) is 0 Å². The van der Waals surface area contributed by atoms with Gasteiger partial charge in [0, 0.05) is 59.3 Å². The Morgan fingerprint density at radius 3 is 2.52 bits per heavy atom. The van der Waals surface area contributed by atoms with Crippen molar-refractivity contribution in [3.05, 3.63) is 80.7 Å². The van der Waals surface area contributed by atoms with Crippen molar-refractivity contribution in [2.75, 3.05) is 17.6 Å². The van der Waals surface area contributed by atoms with Crippen molar-refractivity contribution >= 4 is 84.6 Å². The minimum atomic E-state index is -0.121. The summed E-state index contributed by atoms with van der Waals surface area (Å²) in [6.45, 7) is 0.710. The van der Waals surface area contributed by atoms with Crippen molar-refractivity contribution in [3.8, 4) is 0 Å². The van der Waals surface area contributed by atoms with E-state index in [1.807, 2.05) is 24.3 Å². The molecule has 0 saturated heterocycles. The summed E-state index contributed by atoms with van der Waals surface area (Å²) in [6.07, 6.45) is 7.39. The number of H-pyrrole nitrogens is 1. The van der Waals surface area contributed by atoms with E-state index in [9.17, 15) is 4.79 Å². The number of thioether (sulfide) groups is 1. The van der Waals surface area contributed by atoms with Crippen LogP contribution in [0.4, 0.5) is 5.95 Å². The Balaban J connectivity index is 0.00000261. The van der Waals surface area contributed by atoms with Gasteiger partial charge in [0.2, 0.25) is 5.95 Å². The molecule has 3 rings (SSSR count). The quantitative estimate of drug-likeness (QED) is 0.328. The third kappa shape index (κ3) is 9.29. The molecule has 0 unspecified atom stereocenters. The molecule has 11 heteroatoms. The number of aromatic nitrogens is 4. The fourth-order valence-electron chi connectivity index (χ4n) is 2.29. The van der Waals surface area contributed by atoms with Crippen molar-refractivity contribution in [3.63, 3.8) is 0 Å². The van der Waals surface area contributed by atoms with E-state index in [2.05, 4.69) is 41.2 Å². The predicted molar refractivity (Wildman–Crippen MR) is 139 cm³/mol. The van der Waals surface area contributed by atoms with Gasteiger partial charge < -0.3 is 5.32 Å². The van der Waals surface area contributed by atoms with E-state index in [-0.39, 0.29) is 56.5 Å². The highest BCUT2D eigenvalue weighted by Gasteiger charge is 2.04. The first-order valence-corrected chi connectivity index (χ1v) is 10.1. The highest BCUT2D eigenvalue weighted by Crippen LogP contribution is 2.18. The molecule has 0 atom stereocenters. The Kier molecular flexibility index (Phi) is 14.7. The summed E-state index contributed by atoms with van der Waals surface area (Å²) in [5, 5.41) is 3.15. The van der Waals surface area contributed by atoms with Gasteiger partial charge in [-0.05, 0) is 45.8 Å². The number of nitrogens with one attached hydrogen (secondary N) is 2. The van der Waals surface area contributed by atoms with Gasteiger partial charge in [0.25, 0.3) is 5.56 Å². The maximum Gasteiger partial charge on any atom is 0.255 e. The van der Waals surface area contributed by atoms with E-state index in [1.54, 1.807) is 36.5 Å². The summed E-state index contributed by atoms with van der Waals surface area (Å²) >= 11 is 5.26. The predicted octanol–water partition coefficient (Wildman–Crippen LogP) is 4.99. The van der Waals surface area contributed by atoms with E-state index in [0.717, 1.165) is 27.2 Å². The minimum absolute atomic E-state index is 0. The Morgan fingerprint density at radius 2 is 1.83 bits per heavy atom. The molecule has 0 aliphatic rings. The molecule has 0 saturated carbocycles. The first-order valence-electron chi connectivity index (χ1n) is 8.10. The van der Waals surface area contributed by atoms with Crippen LogP contribution in [0.1, 0.15) is 16.8 Å². The summed E-state index contributed by atoms with van der Waals surface area (Å²) in [5.74, 6) is 2.21. The first-order chi connectivity index (χ1) is 12.7. The maximum absolute atomic E-state index is 12.2. The minimum Gasteiger partial charge on any atom is -0.355 e.